The van der Waals surface area contributed by atoms with E-state index in [1.54, 1.807) is 0 Å². The van der Waals surface area contributed by atoms with Crippen LogP contribution < -0.4 is 5.32 Å². The molecule has 2 aliphatic rings. The van der Waals surface area contributed by atoms with Crippen LogP contribution in [0.5, 0.6) is 0 Å². The Bertz CT molecular complexity index is 219. The first kappa shape index (κ1) is 13.3. The molecule has 0 aromatic heterocycles. The van der Waals surface area contributed by atoms with Crippen LogP contribution in [-0.4, -0.2) is 63.0 Å². The molecule has 0 radical (unpaired) electrons. The fraction of sp³-hybridized carbons (Fsp3) is 1.00. The third-order valence-corrected chi connectivity index (χ3v) is 3.99. The Hall–Kier alpha value is -0.160. The van der Waals surface area contributed by atoms with E-state index in [-0.39, 0.29) is 0 Å². The molecule has 100 valence electrons. The van der Waals surface area contributed by atoms with E-state index in [1.165, 1.54) is 6.42 Å². The van der Waals surface area contributed by atoms with Crippen LogP contribution in [-0.2, 0) is 9.47 Å². The molecule has 2 saturated heterocycles. The van der Waals surface area contributed by atoms with Crippen LogP contribution in [0.25, 0.3) is 0 Å². The van der Waals surface area contributed by atoms with Gasteiger partial charge in [0.2, 0.25) is 0 Å². The Morgan fingerprint density at radius 2 is 1.94 bits per heavy atom. The molecule has 0 saturated carbocycles. The van der Waals surface area contributed by atoms with Crippen molar-refractivity contribution in [1.82, 2.24) is 10.2 Å². The van der Waals surface area contributed by atoms with E-state index < -0.39 is 0 Å². The number of rotatable bonds is 5. The van der Waals surface area contributed by atoms with E-state index in [4.69, 9.17) is 9.47 Å². The molecule has 1 N–H and O–H groups in total. The maximum atomic E-state index is 5.65. The molecule has 0 aliphatic carbocycles. The molecule has 3 unspecified atom stereocenters. The minimum absolute atomic E-state index is 0.502. The first-order chi connectivity index (χ1) is 8.33. The summed E-state index contributed by atoms with van der Waals surface area (Å²) >= 11 is 0. The van der Waals surface area contributed by atoms with E-state index in [0.29, 0.717) is 18.1 Å². The largest absolute Gasteiger partial charge is 0.380 e. The van der Waals surface area contributed by atoms with Gasteiger partial charge in [0, 0.05) is 31.3 Å². The summed E-state index contributed by atoms with van der Waals surface area (Å²) < 4.78 is 11.1. The van der Waals surface area contributed by atoms with Gasteiger partial charge in [-0.1, -0.05) is 6.92 Å². The predicted octanol–water partition coefficient (Wildman–Crippen LogP) is 0.864. The van der Waals surface area contributed by atoms with Crippen molar-refractivity contribution in [2.75, 3.05) is 40.0 Å². The predicted molar refractivity (Wildman–Crippen MR) is 68.3 cm³/mol. The first-order valence-corrected chi connectivity index (χ1v) is 6.93. The summed E-state index contributed by atoms with van der Waals surface area (Å²) in [6.07, 6.45) is 3.48. The van der Waals surface area contributed by atoms with Gasteiger partial charge in [0.05, 0.1) is 13.2 Å². The second-order valence-corrected chi connectivity index (χ2v) is 5.17. The number of nitrogens with zero attached hydrogens (tertiary/aromatic N) is 1. The van der Waals surface area contributed by atoms with Gasteiger partial charge in [-0.05, 0) is 32.9 Å². The lowest BCUT2D eigenvalue weighted by atomic mass is 10.00. The summed E-state index contributed by atoms with van der Waals surface area (Å²) in [5.74, 6) is 0. The summed E-state index contributed by atoms with van der Waals surface area (Å²) in [5.41, 5.74) is 0. The zero-order valence-corrected chi connectivity index (χ0v) is 11.2. The summed E-state index contributed by atoms with van der Waals surface area (Å²) in [5, 5.41) is 3.66. The molecule has 3 atom stereocenters. The fourth-order valence-electron chi connectivity index (χ4n) is 2.81. The summed E-state index contributed by atoms with van der Waals surface area (Å²) in [7, 11) is 2.22. The zero-order valence-electron chi connectivity index (χ0n) is 11.2. The van der Waals surface area contributed by atoms with E-state index in [2.05, 4.69) is 24.2 Å². The minimum atomic E-state index is 0.502. The number of likely N-dealkylation sites (N-methyl/N-ethyl adjacent to an activating group) is 1. The lowest BCUT2D eigenvalue weighted by Gasteiger charge is -2.40. The molecule has 17 heavy (non-hydrogen) atoms. The van der Waals surface area contributed by atoms with Crippen LogP contribution in [0.4, 0.5) is 0 Å². The van der Waals surface area contributed by atoms with Crippen molar-refractivity contribution in [2.24, 2.45) is 0 Å². The number of hydrogen-bond donors (Lipinski definition) is 1. The number of hydrogen-bond acceptors (Lipinski definition) is 4. The summed E-state index contributed by atoms with van der Waals surface area (Å²) in [6.45, 7) is 6.87. The number of ether oxygens (including phenoxy) is 2. The summed E-state index contributed by atoms with van der Waals surface area (Å²) in [4.78, 5) is 2.47. The third-order valence-electron chi connectivity index (χ3n) is 3.99. The molecule has 2 aliphatic heterocycles. The Morgan fingerprint density at radius 1 is 1.18 bits per heavy atom. The third kappa shape index (κ3) is 3.41. The summed E-state index contributed by atoms with van der Waals surface area (Å²) in [6, 6.07) is 1.66. The molecule has 4 nitrogen and oxygen atoms in total. The van der Waals surface area contributed by atoms with Crippen LogP contribution >= 0.6 is 0 Å². The van der Waals surface area contributed by atoms with Crippen molar-refractivity contribution in [3.8, 4) is 0 Å². The van der Waals surface area contributed by atoms with Gasteiger partial charge in [-0.3, -0.25) is 4.90 Å². The van der Waals surface area contributed by atoms with Crippen molar-refractivity contribution in [3.05, 3.63) is 0 Å². The Balaban J connectivity index is 1.89. The minimum Gasteiger partial charge on any atom is -0.380 e. The molecule has 0 aromatic carbocycles. The molecule has 2 heterocycles. The Labute approximate surface area is 105 Å². The smallest absolute Gasteiger partial charge is 0.0637 e. The monoisotopic (exact) mass is 242 g/mol. The van der Waals surface area contributed by atoms with Gasteiger partial charge >= 0.3 is 0 Å². The van der Waals surface area contributed by atoms with Gasteiger partial charge in [0.1, 0.15) is 0 Å². The SMILES string of the molecule is CCCNC1CCOCC1N(C)C1CCOC1. The molecular formula is C13H26N2O2. The molecule has 2 fully saturated rings. The Kier molecular flexibility index (Phi) is 5.22. The van der Waals surface area contributed by atoms with Crippen molar-refractivity contribution < 1.29 is 9.47 Å². The fourth-order valence-corrected chi connectivity index (χ4v) is 2.81. The second kappa shape index (κ2) is 6.69. The van der Waals surface area contributed by atoms with Crippen molar-refractivity contribution in [3.63, 3.8) is 0 Å². The lowest BCUT2D eigenvalue weighted by Crippen LogP contribution is -2.57. The molecule has 2 rings (SSSR count). The van der Waals surface area contributed by atoms with Gasteiger partial charge in [-0.15, -0.1) is 0 Å². The van der Waals surface area contributed by atoms with Gasteiger partial charge in [-0.2, -0.15) is 0 Å². The maximum Gasteiger partial charge on any atom is 0.0637 e. The van der Waals surface area contributed by atoms with Gasteiger partial charge < -0.3 is 14.8 Å². The van der Waals surface area contributed by atoms with Gasteiger partial charge in [-0.25, -0.2) is 0 Å². The van der Waals surface area contributed by atoms with Gasteiger partial charge in [0.15, 0.2) is 0 Å². The topological polar surface area (TPSA) is 33.7 Å². The van der Waals surface area contributed by atoms with Gasteiger partial charge in [0.25, 0.3) is 0 Å². The average molecular weight is 242 g/mol. The van der Waals surface area contributed by atoms with E-state index in [9.17, 15) is 0 Å². The molecule has 0 amide bonds. The quantitative estimate of drug-likeness (QED) is 0.775. The normalized spacial score (nSPS) is 34.4. The van der Waals surface area contributed by atoms with Crippen molar-refractivity contribution in [1.29, 1.82) is 0 Å². The molecular weight excluding hydrogens is 216 g/mol. The van der Waals surface area contributed by atoms with Crippen LogP contribution in [0.3, 0.4) is 0 Å². The molecule has 4 heteroatoms. The Morgan fingerprint density at radius 3 is 2.65 bits per heavy atom. The van der Waals surface area contributed by atoms with Crippen LogP contribution in [0.15, 0.2) is 0 Å². The molecule has 0 spiro atoms. The highest BCUT2D eigenvalue weighted by molar-refractivity contribution is 4.89. The maximum absolute atomic E-state index is 5.65. The molecule has 0 aromatic rings. The standard InChI is InChI=1S/C13H26N2O2/c1-3-6-14-12-5-8-17-10-13(12)15(2)11-4-7-16-9-11/h11-14H,3-10H2,1-2H3. The highest BCUT2D eigenvalue weighted by Gasteiger charge is 2.33. The van der Waals surface area contributed by atoms with E-state index in [1.807, 2.05) is 0 Å². The first-order valence-electron chi connectivity index (χ1n) is 6.93. The molecule has 0 bridgehead atoms. The van der Waals surface area contributed by atoms with E-state index in [0.717, 1.165) is 45.8 Å². The van der Waals surface area contributed by atoms with E-state index >= 15 is 0 Å². The highest BCUT2D eigenvalue weighted by atomic mass is 16.5. The van der Waals surface area contributed by atoms with Crippen LogP contribution in [0.1, 0.15) is 26.2 Å². The zero-order chi connectivity index (χ0) is 12.1. The van der Waals surface area contributed by atoms with Crippen LogP contribution in [0, 0.1) is 0 Å². The van der Waals surface area contributed by atoms with Crippen LogP contribution in [0.2, 0.25) is 0 Å². The van der Waals surface area contributed by atoms with Crippen molar-refractivity contribution >= 4 is 0 Å². The van der Waals surface area contributed by atoms with Crippen molar-refractivity contribution in [2.45, 2.75) is 44.3 Å². The highest BCUT2D eigenvalue weighted by Crippen LogP contribution is 2.19. The second-order valence-electron chi connectivity index (χ2n) is 5.17. The number of nitrogens with one attached hydrogen (secondary N) is 1. The average Bonchev–Trinajstić information content (AvgIpc) is 2.89. The lowest BCUT2D eigenvalue weighted by molar-refractivity contribution is -0.00971.